The van der Waals surface area contributed by atoms with Gasteiger partial charge in [0, 0.05) is 107 Å². The third kappa shape index (κ3) is 5.43. The van der Waals surface area contributed by atoms with Gasteiger partial charge in [0.25, 0.3) is 5.56 Å². The lowest BCUT2D eigenvalue weighted by Crippen LogP contribution is -2.47. The highest BCUT2D eigenvalue weighted by molar-refractivity contribution is 6.31. The summed E-state index contributed by atoms with van der Waals surface area (Å²) in [5.41, 5.74) is 3.62. The number of rotatable bonds is 6. The number of nitrogens with zero attached hydrogens (tertiary/aromatic N) is 5. The van der Waals surface area contributed by atoms with Gasteiger partial charge in [-0.25, -0.2) is 0 Å². The zero-order chi connectivity index (χ0) is 27.1. The van der Waals surface area contributed by atoms with E-state index in [-0.39, 0.29) is 16.7 Å². The van der Waals surface area contributed by atoms with Crippen LogP contribution in [0, 0.1) is 5.92 Å². The van der Waals surface area contributed by atoms with E-state index in [2.05, 4.69) is 26.8 Å². The molecule has 0 spiro atoms. The molecule has 0 amide bonds. The monoisotopic (exact) mass is 549 g/mol. The van der Waals surface area contributed by atoms with E-state index >= 15 is 0 Å². The van der Waals surface area contributed by atoms with Crippen molar-refractivity contribution in [1.82, 2.24) is 23.8 Å². The third-order valence-corrected chi connectivity index (χ3v) is 9.14. The Labute approximate surface area is 233 Å². The Bertz CT molecular complexity index is 1480. The SMILES string of the molecule is Cn1c(CN2C[C@H]3C[C@@H](C2)c2cccc(=O)n2C3)cc(=O)c(O)c1CN1CCN(Cc2ccccc2Cl)CC1. The second kappa shape index (κ2) is 10.9. The van der Waals surface area contributed by atoms with Crippen LogP contribution in [-0.4, -0.2) is 68.2 Å². The molecule has 2 atom stereocenters. The second-order valence-electron chi connectivity index (χ2n) is 11.4. The lowest BCUT2D eigenvalue weighted by atomic mass is 9.83. The third-order valence-electron chi connectivity index (χ3n) is 8.77. The molecule has 1 aromatic carbocycles. The van der Waals surface area contributed by atoms with Crippen LogP contribution < -0.4 is 11.0 Å². The first-order valence-corrected chi connectivity index (χ1v) is 14.2. The average Bonchev–Trinajstić information content (AvgIpc) is 2.92. The molecule has 2 bridgehead atoms. The van der Waals surface area contributed by atoms with E-state index in [1.165, 1.54) is 0 Å². The first-order valence-electron chi connectivity index (χ1n) is 13.9. The first kappa shape index (κ1) is 26.3. The summed E-state index contributed by atoms with van der Waals surface area (Å²) in [5.74, 6) is 0.595. The molecule has 0 saturated carbocycles. The van der Waals surface area contributed by atoms with Gasteiger partial charge in [-0.3, -0.25) is 24.3 Å². The smallest absolute Gasteiger partial charge is 0.250 e. The van der Waals surface area contributed by atoms with E-state index in [9.17, 15) is 14.7 Å². The van der Waals surface area contributed by atoms with Crippen molar-refractivity contribution < 1.29 is 5.11 Å². The molecule has 0 radical (unpaired) electrons. The molecular weight excluding hydrogens is 514 g/mol. The fraction of sp³-hybridized carbons (Fsp3) is 0.467. The molecule has 0 unspecified atom stereocenters. The van der Waals surface area contributed by atoms with Crippen LogP contribution in [0.4, 0.5) is 0 Å². The van der Waals surface area contributed by atoms with Crippen molar-refractivity contribution in [2.45, 2.75) is 38.5 Å². The number of aromatic hydroxyl groups is 1. The Morgan fingerprint density at radius 2 is 1.62 bits per heavy atom. The van der Waals surface area contributed by atoms with Gasteiger partial charge in [-0.15, -0.1) is 0 Å². The number of benzene rings is 1. The van der Waals surface area contributed by atoms with E-state index in [1.807, 2.05) is 40.4 Å². The topological polar surface area (TPSA) is 73.9 Å². The van der Waals surface area contributed by atoms with Gasteiger partial charge in [0.1, 0.15) is 0 Å². The highest BCUT2D eigenvalue weighted by atomic mass is 35.5. The normalized spacial score (nSPS) is 22.1. The molecule has 1 N–H and O–H groups in total. The Hall–Kier alpha value is -2.91. The van der Waals surface area contributed by atoms with Crippen LogP contribution in [-0.2, 0) is 33.2 Å². The molecule has 2 aromatic heterocycles. The number of piperazine rings is 1. The maximum absolute atomic E-state index is 12.8. The minimum Gasteiger partial charge on any atom is -0.503 e. The predicted octanol–water partition coefficient (Wildman–Crippen LogP) is 2.84. The summed E-state index contributed by atoms with van der Waals surface area (Å²) in [6.07, 6.45) is 1.10. The number of likely N-dealkylation sites (tertiary alicyclic amines) is 1. The van der Waals surface area contributed by atoms with E-state index in [0.717, 1.165) is 80.8 Å². The molecule has 6 rings (SSSR count). The van der Waals surface area contributed by atoms with Crippen molar-refractivity contribution in [3.8, 4) is 5.75 Å². The van der Waals surface area contributed by atoms with Gasteiger partial charge >= 0.3 is 0 Å². The van der Waals surface area contributed by atoms with Crippen LogP contribution in [0.1, 0.15) is 35.0 Å². The minimum atomic E-state index is -0.315. The van der Waals surface area contributed by atoms with Gasteiger partial charge in [-0.2, -0.15) is 0 Å². The molecule has 3 aliphatic heterocycles. The second-order valence-corrected chi connectivity index (χ2v) is 11.8. The highest BCUT2D eigenvalue weighted by Crippen LogP contribution is 2.35. The van der Waals surface area contributed by atoms with Crippen LogP contribution in [0.3, 0.4) is 0 Å². The number of hydrogen-bond acceptors (Lipinski definition) is 6. The van der Waals surface area contributed by atoms with Gasteiger partial charge < -0.3 is 14.2 Å². The summed E-state index contributed by atoms with van der Waals surface area (Å²) >= 11 is 6.36. The maximum Gasteiger partial charge on any atom is 0.250 e. The van der Waals surface area contributed by atoms with Gasteiger partial charge in [0.15, 0.2) is 5.75 Å². The Morgan fingerprint density at radius 3 is 2.38 bits per heavy atom. The molecule has 8 nitrogen and oxygen atoms in total. The van der Waals surface area contributed by atoms with Crippen molar-refractivity contribution in [2.75, 3.05) is 39.3 Å². The van der Waals surface area contributed by atoms with Crippen LogP contribution in [0.25, 0.3) is 0 Å². The summed E-state index contributed by atoms with van der Waals surface area (Å²) in [7, 11) is 1.96. The number of halogens is 1. The number of pyridine rings is 2. The zero-order valence-corrected chi connectivity index (χ0v) is 23.2. The summed E-state index contributed by atoms with van der Waals surface area (Å²) in [4.78, 5) is 32.3. The molecule has 2 saturated heterocycles. The van der Waals surface area contributed by atoms with Crippen LogP contribution >= 0.6 is 11.6 Å². The van der Waals surface area contributed by atoms with E-state index in [0.29, 0.717) is 30.6 Å². The number of aromatic nitrogens is 2. The molecule has 5 heterocycles. The summed E-state index contributed by atoms with van der Waals surface area (Å²) < 4.78 is 3.95. The molecule has 0 aliphatic carbocycles. The fourth-order valence-corrected chi connectivity index (χ4v) is 6.86. The standard InChI is InChI=1S/C30H36ClN5O3/c1-32-24(19-35-15-21-13-23(18-35)26-7-4-8-29(38)36(26)16-21)14-28(37)30(39)27(32)20-34-11-9-33(10-12-34)17-22-5-2-3-6-25(22)31/h2-8,14,21,23,39H,9-13,15-20H2,1H3/t21-,23+/m1/s1. The Balaban J connectivity index is 1.13. The quantitative estimate of drug-likeness (QED) is 0.510. The molecule has 39 heavy (non-hydrogen) atoms. The number of fused-ring (bicyclic) bond motifs is 4. The van der Waals surface area contributed by atoms with Crippen molar-refractivity contribution >= 4 is 11.6 Å². The molecule has 206 valence electrons. The van der Waals surface area contributed by atoms with Crippen LogP contribution in [0.5, 0.6) is 5.75 Å². The van der Waals surface area contributed by atoms with Crippen LogP contribution in [0.15, 0.2) is 58.1 Å². The van der Waals surface area contributed by atoms with Gasteiger partial charge in [0.05, 0.1) is 5.69 Å². The summed E-state index contributed by atoms with van der Waals surface area (Å²) in [6.45, 7) is 8.04. The molecule has 3 aromatic rings. The van der Waals surface area contributed by atoms with Crippen LogP contribution in [0.2, 0.25) is 5.02 Å². The fourth-order valence-electron chi connectivity index (χ4n) is 6.66. The van der Waals surface area contributed by atoms with Crippen molar-refractivity contribution in [2.24, 2.45) is 13.0 Å². The lowest BCUT2D eigenvalue weighted by Gasteiger charge is -2.43. The molecule has 9 heteroatoms. The van der Waals surface area contributed by atoms with Crippen molar-refractivity contribution in [1.29, 1.82) is 0 Å². The Morgan fingerprint density at radius 1 is 0.872 bits per heavy atom. The van der Waals surface area contributed by atoms with Gasteiger partial charge in [0.2, 0.25) is 5.43 Å². The Kier molecular flexibility index (Phi) is 7.37. The lowest BCUT2D eigenvalue weighted by molar-refractivity contribution is 0.110. The number of piperidine rings is 1. The first-order chi connectivity index (χ1) is 18.9. The molecule has 2 fully saturated rings. The van der Waals surface area contributed by atoms with E-state index in [4.69, 9.17) is 11.6 Å². The number of hydrogen-bond donors (Lipinski definition) is 1. The van der Waals surface area contributed by atoms with Gasteiger partial charge in [-0.1, -0.05) is 35.9 Å². The minimum absolute atomic E-state index is 0.0888. The van der Waals surface area contributed by atoms with E-state index < -0.39 is 0 Å². The average molecular weight is 550 g/mol. The highest BCUT2D eigenvalue weighted by Gasteiger charge is 2.34. The predicted molar refractivity (Wildman–Crippen MR) is 152 cm³/mol. The molecular formula is C30H36ClN5O3. The largest absolute Gasteiger partial charge is 0.503 e. The van der Waals surface area contributed by atoms with Crippen molar-refractivity contribution in [3.05, 3.63) is 96.8 Å². The summed E-state index contributed by atoms with van der Waals surface area (Å²) in [6, 6.07) is 15.1. The molecule has 3 aliphatic rings. The summed E-state index contributed by atoms with van der Waals surface area (Å²) in [5, 5.41) is 11.6. The zero-order valence-electron chi connectivity index (χ0n) is 22.4. The van der Waals surface area contributed by atoms with Gasteiger partial charge in [-0.05, 0) is 30.0 Å². The maximum atomic E-state index is 12.8. The van der Waals surface area contributed by atoms with E-state index in [1.54, 1.807) is 12.1 Å². The van der Waals surface area contributed by atoms with Crippen molar-refractivity contribution in [3.63, 3.8) is 0 Å².